The summed E-state index contributed by atoms with van der Waals surface area (Å²) in [5, 5.41) is 18.3. The highest BCUT2D eigenvalue weighted by molar-refractivity contribution is 5.75. The monoisotopic (exact) mass is 216 g/mol. The lowest BCUT2D eigenvalue weighted by Gasteiger charge is -2.38. The highest BCUT2D eigenvalue weighted by Crippen LogP contribution is 2.34. The Morgan fingerprint density at radius 3 is 2.20 bits per heavy atom. The second-order valence-corrected chi connectivity index (χ2v) is 3.96. The second kappa shape index (κ2) is 4.61. The topological polar surface area (TPSA) is 83.8 Å². The molecule has 86 valence electrons. The molecule has 1 saturated carbocycles. The van der Waals surface area contributed by atoms with Crippen molar-refractivity contribution in [2.75, 3.05) is 0 Å². The minimum absolute atomic E-state index is 0.417. The Labute approximate surface area is 88.0 Å². The molecule has 1 fully saturated rings. The number of hydrogen-bond acceptors (Lipinski definition) is 4. The SMILES string of the molecule is CC(=O)OC1([C@H](O)C(=O)O)CCCCC1. The molecule has 0 saturated heterocycles. The van der Waals surface area contributed by atoms with Gasteiger partial charge in [-0.2, -0.15) is 0 Å². The molecule has 1 rings (SSSR count). The van der Waals surface area contributed by atoms with E-state index in [1.807, 2.05) is 0 Å². The van der Waals surface area contributed by atoms with Crippen LogP contribution in [0.4, 0.5) is 0 Å². The zero-order valence-corrected chi connectivity index (χ0v) is 8.73. The first-order chi connectivity index (χ1) is 6.98. The Morgan fingerprint density at radius 2 is 1.80 bits per heavy atom. The van der Waals surface area contributed by atoms with Crippen molar-refractivity contribution in [3.05, 3.63) is 0 Å². The quantitative estimate of drug-likeness (QED) is 0.678. The zero-order valence-electron chi connectivity index (χ0n) is 8.73. The largest absolute Gasteiger partial charge is 0.479 e. The summed E-state index contributed by atoms with van der Waals surface area (Å²) >= 11 is 0. The Balaban J connectivity index is 2.83. The number of carbonyl (C=O) groups is 2. The van der Waals surface area contributed by atoms with E-state index in [4.69, 9.17) is 9.84 Å². The van der Waals surface area contributed by atoms with E-state index < -0.39 is 23.6 Å². The molecule has 1 aliphatic rings. The predicted molar refractivity (Wildman–Crippen MR) is 51.2 cm³/mol. The summed E-state index contributed by atoms with van der Waals surface area (Å²) in [5.41, 5.74) is -1.21. The van der Waals surface area contributed by atoms with Crippen molar-refractivity contribution in [1.82, 2.24) is 0 Å². The number of aliphatic hydroxyl groups is 1. The van der Waals surface area contributed by atoms with E-state index >= 15 is 0 Å². The molecule has 0 radical (unpaired) electrons. The number of carbonyl (C=O) groups excluding carboxylic acids is 1. The van der Waals surface area contributed by atoms with Crippen LogP contribution in [0.3, 0.4) is 0 Å². The summed E-state index contributed by atoms with van der Waals surface area (Å²) < 4.78 is 5.03. The van der Waals surface area contributed by atoms with Crippen LogP contribution in [-0.2, 0) is 14.3 Å². The molecule has 5 heteroatoms. The van der Waals surface area contributed by atoms with Crippen LogP contribution in [0.25, 0.3) is 0 Å². The summed E-state index contributed by atoms with van der Waals surface area (Å²) in [5.74, 6) is -1.88. The van der Waals surface area contributed by atoms with Crippen molar-refractivity contribution < 1.29 is 24.5 Å². The summed E-state index contributed by atoms with van der Waals surface area (Å²) in [6, 6.07) is 0. The normalized spacial score (nSPS) is 21.7. The van der Waals surface area contributed by atoms with Crippen LogP contribution in [0.5, 0.6) is 0 Å². The van der Waals surface area contributed by atoms with Gasteiger partial charge in [0.05, 0.1) is 0 Å². The maximum absolute atomic E-state index is 10.9. The molecule has 0 unspecified atom stereocenters. The van der Waals surface area contributed by atoms with E-state index in [2.05, 4.69) is 0 Å². The molecule has 15 heavy (non-hydrogen) atoms. The third kappa shape index (κ3) is 2.68. The Kier molecular flexibility index (Phi) is 3.68. The van der Waals surface area contributed by atoms with Crippen LogP contribution in [0.15, 0.2) is 0 Å². The van der Waals surface area contributed by atoms with Gasteiger partial charge in [-0.25, -0.2) is 4.79 Å². The first-order valence-electron chi connectivity index (χ1n) is 5.08. The second-order valence-electron chi connectivity index (χ2n) is 3.96. The number of aliphatic hydroxyl groups excluding tert-OH is 1. The molecule has 0 aromatic rings. The molecule has 0 aromatic carbocycles. The average Bonchev–Trinajstić information content (AvgIpc) is 2.16. The molecule has 0 heterocycles. The standard InChI is InChI=1S/C10H16O5/c1-7(11)15-10(8(12)9(13)14)5-3-2-4-6-10/h8,12H,2-6H2,1H3,(H,13,14)/t8-/m1/s1. The minimum Gasteiger partial charge on any atom is -0.479 e. The summed E-state index contributed by atoms with van der Waals surface area (Å²) in [6.07, 6.45) is 1.74. The molecule has 0 amide bonds. The van der Waals surface area contributed by atoms with Crippen LogP contribution in [0.2, 0.25) is 0 Å². The predicted octanol–water partition coefficient (Wildman–Crippen LogP) is 0.698. The van der Waals surface area contributed by atoms with Gasteiger partial charge in [-0.05, 0) is 25.7 Å². The lowest BCUT2D eigenvalue weighted by molar-refractivity contribution is -0.187. The first kappa shape index (κ1) is 12.0. The van der Waals surface area contributed by atoms with E-state index in [1.165, 1.54) is 6.92 Å². The Bertz CT molecular complexity index is 255. The molecule has 2 N–H and O–H groups in total. The van der Waals surface area contributed by atoms with Gasteiger partial charge in [0.25, 0.3) is 0 Å². The third-order valence-electron chi connectivity index (χ3n) is 2.78. The smallest absolute Gasteiger partial charge is 0.336 e. The molecule has 5 nitrogen and oxygen atoms in total. The zero-order chi connectivity index (χ0) is 11.5. The molecule has 0 aromatic heterocycles. The van der Waals surface area contributed by atoms with Crippen LogP contribution >= 0.6 is 0 Å². The lowest BCUT2D eigenvalue weighted by Crippen LogP contribution is -2.51. The molecule has 0 spiro atoms. The van der Waals surface area contributed by atoms with Gasteiger partial charge in [-0.3, -0.25) is 4.79 Å². The van der Waals surface area contributed by atoms with Crippen LogP contribution < -0.4 is 0 Å². The van der Waals surface area contributed by atoms with Crippen molar-refractivity contribution in [2.45, 2.75) is 50.7 Å². The first-order valence-corrected chi connectivity index (χ1v) is 5.08. The van der Waals surface area contributed by atoms with Crippen molar-refractivity contribution in [2.24, 2.45) is 0 Å². The van der Waals surface area contributed by atoms with Gasteiger partial charge in [-0.15, -0.1) is 0 Å². The number of ether oxygens (including phenoxy) is 1. The number of esters is 1. The van der Waals surface area contributed by atoms with Gasteiger partial charge in [0.1, 0.15) is 5.60 Å². The minimum atomic E-state index is -1.62. The fraction of sp³-hybridized carbons (Fsp3) is 0.800. The maximum atomic E-state index is 10.9. The maximum Gasteiger partial charge on any atom is 0.336 e. The van der Waals surface area contributed by atoms with Crippen LogP contribution in [-0.4, -0.2) is 33.9 Å². The third-order valence-corrected chi connectivity index (χ3v) is 2.78. The van der Waals surface area contributed by atoms with Gasteiger partial charge in [0, 0.05) is 6.92 Å². The summed E-state index contributed by atoms with van der Waals surface area (Å²) in [4.78, 5) is 21.7. The van der Waals surface area contributed by atoms with Crippen LogP contribution in [0, 0.1) is 0 Å². The highest BCUT2D eigenvalue weighted by atomic mass is 16.6. The Morgan fingerprint density at radius 1 is 1.27 bits per heavy atom. The highest BCUT2D eigenvalue weighted by Gasteiger charge is 2.46. The van der Waals surface area contributed by atoms with Gasteiger partial charge >= 0.3 is 11.9 Å². The molecule has 0 bridgehead atoms. The summed E-state index contributed by atoms with van der Waals surface area (Å²) in [6.45, 7) is 1.23. The van der Waals surface area contributed by atoms with Crippen molar-refractivity contribution in [3.63, 3.8) is 0 Å². The molecule has 1 atom stereocenters. The van der Waals surface area contributed by atoms with E-state index in [-0.39, 0.29) is 0 Å². The van der Waals surface area contributed by atoms with Crippen molar-refractivity contribution in [3.8, 4) is 0 Å². The molecular weight excluding hydrogens is 200 g/mol. The van der Waals surface area contributed by atoms with E-state index in [9.17, 15) is 14.7 Å². The molecule has 1 aliphatic carbocycles. The number of carboxylic acids is 1. The number of carboxylic acid groups (broad SMARTS) is 1. The fourth-order valence-electron chi connectivity index (χ4n) is 2.09. The Hall–Kier alpha value is -1.10. The van der Waals surface area contributed by atoms with Gasteiger partial charge in [0.15, 0.2) is 6.10 Å². The summed E-state index contributed by atoms with van der Waals surface area (Å²) in [7, 11) is 0. The molecule has 0 aliphatic heterocycles. The number of hydrogen-bond donors (Lipinski definition) is 2. The average molecular weight is 216 g/mol. The van der Waals surface area contributed by atoms with Gasteiger partial charge in [0.2, 0.25) is 0 Å². The fourth-order valence-corrected chi connectivity index (χ4v) is 2.09. The van der Waals surface area contributed by atoms with Crippen molar-refractivity contribution >= 4 is 11.9 Å². The lowest BCUT2D eigenvalue weighted by atomic mass is 9.80. The van der Waals surface area contributed by atoms with Gasteiger partial charge in [-0.1, -0.05) is 6.42 Å². The number of aliphatic carboxylic acids is 1. The van der Waals surface area contributed by atoms with E-state index in [0.717, 1.165) is 19.3 Å². The van der Waals surface area contributed by atoms with E-state index in [1.54, 1.807) is 0 Å². The van der Waals surface area contributed by atoms with Gasteiger partial charge < -0.3 is 14.9 Å². The van der Waals surface area contributed by atoms with Crippen molar-refractivity contribution in [1.29, 1.82) is 0 Å². The molecular formula is C10H16O5. The van der Waals surface area contributed by atoms with E-state index in [0.29, 0.717) is 12.8 Å². The van der Waals surface area contributed by atoms with Crippen LogP contribution in [0.1, 0.15) is 39.0 Å². The number of rotatable bonds is 3.